The number of aromatic amines is 1. The van der Waals surface area contributed by atoms with E-state index in [1.165, 1.54) is 6.33 Å². The van der Waals surface area contributed by atoms with Crippen molar-refractivity contribution in [2.75, 3.05) is 4.90 Å². The fourth-order valence-electron chi connectivity index (χ4n) is 1.15. The molecule has 7 heteroatoms. The van der Waals surface area contributed by atoms with Crippen LogP contribution in [0, 0.1) is 11.5 Å². The van der Waals surface area contributed by atoms with E-state index in [4.69, 9.17) is 11.0 Å². The molecule has 0 spiro atoms. The highest BCUT2D eigenvalue weighted by atomic mass is 16.2. The lowest BCUT2D eigenvalue weighted by Crippen LogP contribution is -2.56. The predicted octanol–water partition coefficient (Wildman–Crippen LogP) is -1.32. The first kappa shape index (κ1) is 7.57. The first-order valence-electron chi connectivity index (χ1n) is 3.53. The van der Waals surface area contributed by atoms with Gasteiger partial charge in [-0.3, -0.25) is 10.5 Å². The van der Waals surface area contributed by atoms with Crippen molar-refractivity contribution in [3.05, 3.63) is 12.0 Å². The highest BCUT2D eigenvalue weighted by Gasteiger charge is 2.30. The number of carbonyl (C=O) groups excluding carboxylic acids is 1. The van der Waals surface area contributed by atoms with Crippen LogP contribution < -0.4 is 16.0 Å². The molecule has 0 aromatic carbocycles. The molecule has 1 aliphatic rings. The molecule has 0 bridgehead atoms. The number of hydrogen-bond acceptors (Lipinski definition) is 5. The van der Waals surface area contributed by atoms with Crippen molar-refractivity contribution in [1.82, 2.24) is 15.3 Å². The zero-order chi connectivity index (χ0) is 9.42. The third kappa shape index (κ3) is 0.929. The molecule has 2 rings (SSSR count). The van der Waals surface area contributed by atoms with Crippen LogP contribution in [0.15, 0.2) is 6.33 Å². The Morgan fingerprint density at radius 2 is 2.54 bits per heavy atom. The molecule has 1 aromatic heterocycles. The predicted molar refractivity (Wildman–Crippen MR) is 42.1 cm³/mol. The molecule has 1 unspecified atom stereocenters. The van der Waals surface area contributed by atoms with Gasteiger partial charge in [0.25, 0.3) is 5.91 Å². The SMILES string of the molecule is N#CN1c2nc[nH]c2C(=O)NC1N. The van der Waals surface area contributed by atoms with E-state index in [0.717, 1.165) is 4.90 Å². The molecule has 2 heterocycles. The van der Waals surface area contributed by atoms with Gasteiger partial charge < -0.3 is 10.3 Å². The lowest BCUT2D eigenvalue weighted by atomic mass is 10.3. The van der Waals surface area contributed by atoms with Gasteiger partial charge >= 0.3 is 0 Å². The van der Waals surface area contributed by atoms with Crippen LogP contribution in [0.1, 0.15) is 10.5 Å². The summed E-state index contributed by atoms with van der Waals surface area (Å²) in [6.07, 6.45) is 2.33. The van der Waals surface area contributed by atoms with Crippen LogP contribution in [0.2, 0.25) is 0 Å². The normalized spacial score (nSPS) is 20.5. The number of nitriles is 1. The summed E-state index contributed by atoms with van der Waals surface area (Å²) in [5.41, 5.74) is 5.72. The molecular formula is C6H6N6O. The first-order valence-corrected chi connectivity index (χ1v) is 3.53. The molecule has 0 saturated heterocycles. The number of nitrogens with zero attached hydrogens (tertiary/aromatic N) is 3. The summed E-state index contributed by atoms with van der Waals surface area (Å²) in [6.45, 7) is 0. The van der Waals surface area contributed by atoms with Gasteiger partial charge in [0.05, 0.1) is 6.33 Å². The summed E-state index contributed by atoms with van der Waals surface area (Å²) >= 11 is 0. The number of fused-ring (bicyclic) bond motifs is 1. The molecule has 1 amide bonds. The van der Waals surface area contributed by atoms with E-state index in [2.05, 4.69) is 15.3 Å². The van der Waals surface area contributed by atoms with E-state index >= 15 is 0 Å². The lowest BCUT2D eigenvalue weighted by molar-refractivity contribution is 0.0926. The van der Waals surface area contributed by atoms with Crippen LogP contribution in [-0.2, 0) is 0 Å². The van der Waals surface area contributed by atoms with Gasteiger partial charge in [0.2, 0.25) is 0 Å². The van der Waals surface area contributed by atoms with Crippen LogP contribution in [0.3, 0.4) is 0 Å². The Morgan fingerprint density at radius 1 is 1.77 bits per heavy atom. The molecule has 1 aromatic rings. The average molecular weight is 178 g/mol. The first-order chi connectivity index (χ1) is 6.24. The third-order valence-corrected chi connectivity index (χ3v) is 1.74. The second-order valence-electron chi connectivity index (χ2n) is 2.49. The highest BCUT2D eigenvalue weighted by Crippen LogP contribution is 2.19. The standard InChI is InChI=1S/C6H6N6O/c7-1-12-4-3(9-2-10-4)5(13)11-6(12)8/h2,6H,8H2,(H,9,10)(H,11,13). The number of aromatic nitrogens is 2. The monoisotopic (exact) mass is 178 g/mol. The van der Waals surface area contributed by atoms with E-state index in [1.54, 1.807) is 0 Å². The minimum atomic E-state index is -0.840. The minimum Gasteiger partial charge on any atom is -0.339 e. The number of carbonyl (C=O) groups is 1. The van der Waals surface area contributed by atoms with Crippen molar-refractivity contribution < 1.29 is 4.79 Å². The van der Waals surface area contributed by atoms with Crippen molar-refractivity contribution in [3.63, 3.8) is 0 Å². The van der Waals surface area contributed by atoms with Crippen molar-refractivity contribution in [2.45, 2.75) is 6.29 Å². The summed E-state index contributed by atoms with van der Waals surface area (Å²) in [5.74, 6) is -0.0924. The Bertz CT molecular complexity index is 390. The van der Waals surface area contributed by atoms with E-state index < -0.39 is 6.29 Å². The van der Waals surface area contributed by atoms with Gasteiger partial charge in [-0.15, -0.1) is 0 Å². The number of nitrogens with one attached hydrogen (secondary N) is 2. The molecule has 0 radical (unpaired) electrons. The Labute approximate surface area is 73.2 Å². The zero-order valence-corrected chi connectivity index (χ0v) is 6.48. The molecule has 7 nitrogen and oxygen atoms in total. The fraction of sp³-hybridized carbons (Fsp3) is 0.167. The summed E-state index contributed by atoms with van der Waals surface area (Å²) in [7, 11) is 0. The molecule has 4 N–H and O–H groups in total. The van der Waals surface area contributed by atoms with E-state index in [-0.39, 0.29) is 17.4 Å². The number of nitrogens with two attached hydrogens (primary N) is 1. The lowest BCUT2D eigenvalue weighted by Gasteiger charge is -2.26. The zero-order valence-electron chi connectivity index (χ0n) is 6.48. The van der Waals surface area contributed by atoms with Gasteiger partial charge in [0.15, 0.2) is 18.3 Å². The smallest absolute Gasteiger partial charge is 0.274 e. The average Bonchev–Trinajstić information content (AvgIpc) is 2.53. The third-order valence-electron chi connectivity index (χ3n) is 1.74. The van der Waals surface area contributed by atoms with Crippen molar-refractivity contribution in [2.24, 2.45) is 5.73 Å². The van der Waals surface area contributed by atoms with Crippen molar-refractivity contribution in [1.29, 1.82) is 5.26 Å². The van der Waals surface area contributed by atoms with Gasteiger partial charge in [-0.25, -0.2) is 9.88 Å². The molecule has 0 fully saturated rings. The Balaban J connectivity index is 2.53. The summed E-state index contributed by atoms with van der Waals surface area (Å²) in [6, 6.07) is 0. The largest absolute Gasteiger partial charge is 0.339 e. The highest BCUT2D eigenvalue weighted by molar-refractivity contribution is 5.99. The minimum absolute atomic E-state index is 0.253. The van der Waals surface area contributed by atoms with E-state index in [1.807, 2.05) is 6.19 Å². The number of H-pyrrole nitrogens is 1. The van der Waals surface area contributed by atoms with Crippen molar-refractivity contribution >= 4 is 11.7 Å². The molecular weight excluding hydrogens is 172 g/mol. The molecule has 0 saturated carbocycles. The van der Waals surface area contributed by atoms with Crippen LogP contribution in [0.25, 0.3) is 0 Å². The molecule has 0 aliphatic carbocycles. The summed E-state index contributed by atoms with van der Waals surface area (Å²) in [4.78, 5) is 18.8. The maximum atomic E-state index is 11.2. The molecule has 1 atom stereocenters. The van der Waals surface area contributed by atoms with E-state index in [0.29, 0.717) is 0 Å². The second-order valence-corrected chi connectivity index (χ2v) is 2.49. The molecule has 13 heavy (non-hydrogen) atoms. The number of anilines is 1. The number of imidazole rings is 1. The van der Waals surface area contributed by atoms with Crippen molar-refractivity contribution in [3.8, 4) is 6.19 Å². The van der Waals surface area contributed by atoms with Crippen LogP contribution >= 0.6 is 0 Å². The quantitative estimate of drug-likeness (QED) is 0.427. The van der Waals surface area contributed by atoms with Gasteiger partial charge in [-0.05, 0) is 0 Å². The maximum absolute atomic E-state index is 11.2. The van der Waals surface area contributed by atoms with Gasteiger partial charge in [0.1, 0.15) is 5.69 Å². The fourth-order valence-corrected chi connectivity index (χ4v) is 1.15. The van der Waals surface area contributed by atoms with Gasteiger partial charge in [-0.2, -0.15) is 5.26 Å². The number of hydrogen-bond donors (Lipinski definition) is 3. The number of amides is 1. The van der Waals surface area contributed by atoms with Crippen LogP contribution in [0.4, 0.5) is 5.82 Å². The molecule has 1 aliphatic heterocycles. The van der Waals surface area contributed by atoms with Crippen LogP contribution in [-0.4, -0.2) is 22.2 Å². The molecule has 66 valence electrons. The second kappa shape index (κ2) is 2.46. The van der Waals surface area contributed by atoms with Gasteiger partial charge in [-0.1, -0.05) is 0 Å². The Kier molecular flexibility index (Phi) is 1.43. The number of rotatable bonds is 0. The Hall–Kier alpha value is -2.07. The Morgan fingerprint density at radius 3 is 3.23 bits per heavy atom. The maximum Gasteiger partial charge on any atom is 0.274 e. The van der Waals surface area contributed by atoms with Crippen LogP contribution in [0.5, 0.6) is 0 Å². The van der Waals surface area contributed by atoms with Gasteiger partial charge in [0, 0.05) is 0 Å². The summed E-state index contributed by atoms with van der Waals surface area (Å²) < 4.78 is 0. The summed E-state index contributed by atoms with van der Waals surface area (Å²) in [5, 5.41) is 11.1. The van der Waals surface area contributed by atoms with E-state index in [9.17, 15) is 4.79 Å². The topological polar surface area (TPSA) is 111 Å².